The summed E-state index contributed by atoms with van der Waals surface area (Å²) in [6, 6.07) is 4.57. The lowest BCUT2D eigenvalue weighted by Gasteiger charge is -2.39. The van der Waals surface area contributed by atoms with E-state index >= 15 is 0 Å². The van der Waals surface area contributed by atoms with E-state index in [0.717, 1.165) is 35.9 Å². The third kappa shape index (κ3) is 1.97. The lowest BCUT2D eigenvalue weighted by atomic mass is 9.76. The van der Waals surface area contributed by atoms with Crippen LogP contribution in [0.1, 0.15) is 40.0 Å². The highest BCUT2D eigenvalue weighted by molar-refractivity contribution is 6.01. The van der Waals surface area contributed by atoms with E-state index in [0.29, 0.717) is 17.7 Å². The van der Waals surface area contributed by atoms with Crippen molar-refractivity contribution >= 4 is 16.8 Å². The van der Waals surface area contributed by atoms with Crippen LogP contribution in [0.15, 0.2) is 12.1 Å². The first-order valence-corrected chi connectivity index (χ1v) is 8.06. The molecule has 4 heteroatoms. The van der Waals surface area contributed by atoms with Crippen molar-refractivity contribution in [1.29, 1.82) is 0 Å². The van der Waals surface area contributed by atoms with Gasteiger partial charge in [0.25, 0.3) is 5.91 Å². The summed E-state index contributed by atoms with van der Waals surface area (Å²) in [4.78, 5) is 16.0. The summed E-state index contributed by atoms with van der Waals surface area (Å²) >= 11 is 0. The third-order valence-corrected chi connectivity index (χ3v) is 5.32. The van der Waals surface area contributed by atoms with Crippen molar-refractivity contribution in [2.24, 2.45) is 5.92 Å². The van der Waals surface area contributed by atoms with E-state index in [4.69, 9.17) is 4.74 Å². The number of carbonyl (C=O) groups is 1. The Balaban J connectivity index is 1.62. The van der Waals surface area contributed by atoms with Gasteiger partial charge in [-0.05, 0) is 50.8 Å². The molecule has 1 aliphatic carbocycles. The second-order valence-electron chi connectivity index (χ2n) is 6.81. The zero-order chi connectivity index (χ0) is 15.4. The lowest BCUT2D eigenvalue weighted by Crippen LogP contribution is -2.53. The number of hydrogen-bond acceptors (Lipinski definition) is 2. The molecule has 1 aromatic carbocycles. The summed E-state index contributed by atoms with van der Waals surface area (Å²) < 4.78 is 5.61. The van der Waals surface area contributed by atoms with Crippen LogP contribution >= 0.6 is 0 Å². The molecule has 4 rings (SSSR count). The Bertz CT molecular complexity index is 762. The summed E-state index contributed by atoms with van der Waals surface area (Å²) in [7, 11) is 0. The zero-order valence-corrected chi connectivity index (χ0v) is 13.3. The SMILES string of the molecule is Cc1cc(C)c2[nH]c(C(=O)N[C@H]3C[C@H]4OCC[C@@H]34)c(C)c2c1. The van der Waals surface area contributed by atoms with Gasteiger partial charge in [-0.15, -0.1) is 0 Å². The number of aryl methyl sites for hydroxylation is 3. The van der Waals surface area contributed by atoms with Crippen molar-refractivity contribution in [2.75, 3.05) is 6.61 Å². The maximum atomic E-state index is 12.6. The minimum Gasteiger partial charge on any atom is -0.378 e. The van der Waals surface area contributed by atoms with Gasteiger partial charge in [-0.25, -0.2) is 0 Å². The fourth-order valence-corrected chi connectivity index (χ4v) is 4.01. The predicted octanol–water partition coefficient (Wildman–Crippen LogP) is 3.00. The average molecular weight is 298 g/mol. The Hall–Kier alpha value is -1.81. The van der Waals surface area contributed by atoms with E-state index in [1.165, 1.54) is 11.1 Å². The first-order chi connectivity index (χ1) is 10.5. The molecule has 116 valence electrons. The van der Waals surface area contributed by atoms with Crippen LogP contribution in [0.25, 0.3) is 10.9 Å². The van der Waals surface area contributed by atoms with Crippen molar-refractivity contribution in [1.82, 2.24) is 10.3 Å². The topological polar surface area (TPSA) is 54.1 Å². The molecule has 2 heterocycles. The molecule has 1 saturated heterocycles. The summed E-state index contributed by atoms with van der Waals surface area (Å²) in [6.07, 6.45) is 2.40. The lowest BCUT2D eigenvalue weighted by molar-refractivity contribution is 0.00803. The number of benzene rings is 1. The zero-order valence-electron chi connectivity index (χ0n) is 13.3. The van der Waals surface area contributed by atoms with Gasteiger partial charge >= 0.3 is 0 Å². The van der Waals surface area contributed by atoms with Crippen molar-refractivity contribution in [2.45, 2.75) is 45.8 Å². The minimum absolute atomic E-state index is 0.0149. The smallest absolute Gasteiger partial charge is 0.268 e. The highest BCUT2D eigenvalue weighted by Crippen LogP contribution is 2.38. The molecule has 2 N–H and O–H groups in total. The summed E-state index contributed by atoms with van der Waals surface area (Å²) in [5.74, 6) is 0.527. The second-order valence-corrected chi connectivity index (χ2v) is 6.81. The summed E-state index contributed by atoms with van der Waals surface area (Å²) in [5, 5.41) is 4.34. The van der Waals surface area contributed by atoms with Gasteiger partial charge in [-0.1, -0.05) is 11.6 Å². The number of nitrogens with one attached hydrogen (secondary N) is 2. The van der Waals surface area contributed by atoms with Gasteiger partial charge in [0.15, 0.2) is 0 Å². The molecular formula is C18H22N2O2. The number of aromatic nitrogens is 1. The van der Waals surface area contributed by atoms with E-state index in [-0.39, 0.29) is 11.9 Å². The molecule has 0 unspecified atom stereocenters. The second kappa shape index (κ2) is 4.85. The number of fused-ring (bicyclic) bond motifs is 2. The van der Waals surface area contributed by atoms with E-state index in [1.54, 1.807) is 0 Å². The van der Waals surface area contributed by atoms with Gasteiger partial charge in [-0.3, -0.25) is 4.79 Å². The highest BCUT2D eigenvalue weighted by atomic mass is 16.5. The fourth-order valence-electron chi connectivity index (χ4n) is 4.01. The molecule has 0 spiro atoms. The Morgan fingerprint density at radius 2 is 2.14 bits per heavy atom. The number of amides is 1. The van der Waals surface area contributed by atoms with Crippen LogP contribution in [-0.2, 0) is 4.74 Å². The van der Waals surface area contributed by atoms with Gasteiger partial charge in [0.05, 0.1) is 6.10 Å². The highest BCUT2D eigenvalue weighted by Gasteiger charge is 2.45. The van der Waals surface area contributed by atoms with E-state index in [2.05, 4.69) is 36.3 Å². The van der Waals surface area contributed by atoms with Crippen LogP contribution in [0.5, 0.6) is 0 Å². The molecule has 3 atom stereocenters. The van der Waals surface area contributed by atoms with Crippen molar-refractivity contribution < 1.29 is 9.53 Å². The number of aromatic amines is 1. The van der Waals surface area contributed by atoms with E-state index in [1.807, 2.05) is 6.92 Å². The van der Waals surface area contributed by atoms with Gasteiger partial charge in [-0.2, -0.15) is 0 Å². The minimum atomic E-state index is 0.0149. The Kier molecular flexibility index (Phi) is 3.05. The third-order valence-electron chi connectivity index (χ3n) is 5.32. The van der Waals surface area contributed by atoms with Crippen molar-refractivity contribution in [3.8, 4) is 0 Å². The Morgan fingerprint density at radius 1 is 1.32 bits per heavy atom. The maximum absolute atomic E-state index is 12.6. The molecule has 0 radical (unpaired) electrons. The molecule has 2 aliphatic rings. The molecule has 1 amide bonds. The Labute approximate surface area is 130 Å². The number of hydrogen-bond donors (Lipinski definition) is 2. The molecule has 22 heavy (non-hydrogen) atoms. The van der Waals surface area contributed by atoms with Crippen LogP contribution in [0, 0.1) is 26.7 Å². The van der Waals surface area contributed by atoms with Crippen LogP contribution in [0.3, 0.4) is 0 Å². The number of ether oxygens (including phenoxy) is 1. The van der Waals surface area contributed by atoms with Gasteiger partial charge in [0.1, 0.15) is 5.69 Å². The summed E-state index contributed by atoms with van der Waals surface area (Å²) in [5.41, 5.74) is 5.22. The molecule has 0 bridgehead atoms. The fraction of sp³-hybridized carbons (Fsp3) is 0.500. The number of carbonyl (C=O) groups excluding carboxylic acids is 1. The molecule has 4 nitrogen and oxygen atoms in total. The number of rotatable bonds is 2. The molecular weight excluding hydrogens is 276 g/mol. The first kappa shape index (κ1) is 13.8. The monoisotopic (exact) mass is 298 g/mol. The summed E-state index contributed by atoms with van der Waals surface area (Å²) in [6.45, 7) is 7.03. The molecule has 1 aliphatic heterocycles. The molecule has 2 fully saturated rings. The number of H-pyrrole nitrogens is 1. The quantitative estimate of drug-likeness (QED) is 0.895. The van der Waals surface area contributed by atoms with Gasteiger partial charge in [0.2, 0.25) is 0 Å². The average Bonchev–Trinajstić information content (AvgIpc) is 2.98. The molecule has 1 saturated carbocycles. The standard InChI is InChI=1S/C18H22N2O2/c1-9-6-10(2)16-13(7-9)11(3)17(20-16)18(21)19-14-8-15-12(14)4-5-22-15/h6-7,12,14-15,20H,4-5,8H2,1-3H3,(H,19,21)/t12-,14-,15+/m0/s1. The van der Waals surface area contributed by atoms with Crippen LogP contribution in [0.4, 0.5) is 0 Å². The van der Waals surface area contributed by atoms with E-state index < -0.39 is 0 Å². The van der Waals surface area contributed by atoms with Crippen molar-refractivity contribution in [3.05, 3.63) is 34.5 Å². The molecule has 1 aromatic heterocycles. The van der Waals surface area contributed by atoms with Gasteiger partial charge in [0, 0.05) is 29.5 Å². The van der Waals surface area contributed by atoms with Crippen LogP contribution in [-0.4, -0.2) is 29.6 Å². The van der Waals surface area contributed by atoms with Gasteiger partial charge < -0.3 is 15.0 Å². The predicted molar refractivity (Wildman–Crippen MR) is 86.2 cm³/mol. The maximum Gasteiger partial charge on any atom is 0.268 e. The van der Waals surface area contributed by atoms with Crippen LogP contribution in [0.2, 0.25) is 0 Å². The largest absolute Gasteiger partial charge is 0.378 e. The van der Waals surface area contributed by atoms with E-state index in [9.17, 15) is 4.79 Å². The van der Waals surface area contributed by atoms with Crippen LogP contribution < -0.4 is 5.32 Å². The first-order valence-electron chi connectivity index (χ1n) is 8.06. The Morgan fingerprint density at radius 3 is 2.91 bits per heavy atom. The molecule has 2 aromatic rings. The normalized spacial score (nSPS) is 26.8. The van der Waals surface area contributed by atoms with Crippen molar-refractivity contribution in [3.63, 3.8) is 0 Å².